The SMILES string of the molecule is COc1cc(-c2cccc(CO)c2)cc(C2CC2)c1C. The minimum absolute atomic E-state index is 0.0757. The predicted octanol–water partition coefficient (Wildman–Crippen LogP) is 4.04. The van der Waals surface area contributed by atoms with E-state index in [9.17, 15) is 5.11 Å². The van der Waals surface area contributed by atoms with Gasteiger partial charge < -0.3 is 9.84 Å². The van der Waals surface area contributed by atoms with Crippen LogP contribution in [0.15, 0.2) is 36.4 Å². The van der Waals surface area contributed by atoms with Gasteiger partial charge in [-0.25, -0.2) is 0 Å². The smallest absolute Gasteiger partial charge is 0.122 e. The summed E-state index contributed by atoms with van der Waals surface area (Å²) in [5, 5.41) is 9.28. The maximum atomic E-state index is 9.28. The Bertz CT molecular complexity index is 627. The van der Waals surface area contributed by atoms with Crippen LogP contribution < -0.4 is 4.74 Å². The van der Waals surface area contributed by atoms with E-state index < -0.39 is 0 Å². The van der Waals surface area contributed by atoms with Crippen molar-refractivity contribution in [2.24, 2.45) is 0 Å². The second kappa shape index (κ2) is 5.29. The predicted molar refractivity (Wildman–Crippen MR) is 81.1 cm³/mol. The lowest BCUT2D eigenvalue weighted by molar-refractivity contribution is 0.282. The third-order valence-electron chi connectivity index (χ3n) is 4.08. The Kier molecular flexibility index (Phi) is 3.49. The maximum absolute atomic E-state index is 9.28. The molecule has 2 aromatic carbocycles. The molecule has 0 amide bonds. The monoisotopic (exact) mass is 268 g/mol. The summed E-state index contributed by atoms with van der Waals surface area (Å²) in [6.45, 7) is 2.22. The molecule has 0 atom stereocenters. The summed E-state index contributed by atoms with van der Waals surface area (Å²) in [6.07, 6.45) is 2.56. The van der Waals surface area contributed by atoms with Gasteiger partial charge in [0.25, 0.3) is 0 Å². The summed E-state index contributed by atoms with van der Waals surface area (Å²) in [7, 11) is 1.73. The molecule has 1 aliphatic rings. The zero-order chi connectivity index (χ0) is 14.1. The normalized spacial score (nSPS) is 14.3. The molecule has 0 aromatic heterocycles. The quantitative estimate of drug-likeness (QED) is 0.906. The molecule has 0 bridgehead atoms. The van der Waals surface area contributed by atoms with Crippen LogP contribution in [0, 0.1) is 6.92 Å². The van der Waals surface area contributed by atoms with Crippen molar-refractivity contribution in [1.29, 1.82) is 0 Å². The molecule has 0 heterocycles. The lowest BCUT2D eigenvalue weighted by Crippen LogP contribution is -1.94. The van der Waals surface area contributed by atoms with E-state index in [1.807, 2.05) is 18.2 Å². The fourth-order valence-corrected chi connectivity index (χ4v) is 2.76. The molecular weight excluding hydrogens is 248 g/mol. The molecule has 20 heavy (non-hydrogen) atoms. The van der Waals surface area contributed by atoms with Crippen molar-refractivity contribution < 1.29 is 9.84 Å². The minimum atomic E-state index is 0.0757. The first-order valence-corrected chi connectivity index (χ1v) is 7.11. The largest absolute Gasteiger partial charge is 0.496 e. The highest BCUT2D eigenvalue weighted by Gasteiger charge is 2.26. The molecule has 2 aromatic rings. The molecule has 1 saturated carbocycles. The lowest BCUT2D eigenvalue weighted by atomic mass is 9.95. The molecule has 2 heteroatoms. The fraction of sp³-hybridized carbons (Fsp3) is 0.333. The van der Waals surface area contributed by atoms with Crippen LogP contribution in [0.2, 0.25) is 0 Å². The second-order valence-electron chi connectivity index (χ2n) is 5.53. The maximum Gasteiger partial charge on any atom is 0.122 e. The van der Waals surface area contributed by atoms with Gasteiger partial charge in [0.2, 0.25) is 0 Å². The van der Waals surface area contributed by atoms with E-state index in [0.717, 1.165) is 16.9 Å². The van der Waals surface area contributed by atoms with E-state index in [4.69, 9.17) is 4.74 Å². The highest BCUT2D eigenvalue weighted by molar-refractivity contribution is 5.69. The lowest BCUT2D eigenvalue weighted by Gasteiger charge is -2.14. The average Bonchev–Trinajstić information content (AvgIpc) is 3.32. The molecule has 1 N–H and O–H groups in total. The van der Waals surface area contributed by atoms with Crippen molar-refractivity contribution in [3.63, 3.8) is 0 Å². The van der Waals surface area contributed by atoms with Gasteiger partial charge in [-0.15, -0.1) is 0 Å². The summed E-state index contributed by atoms with van der Waals surface area (Å²) >= 11 is 0. The number of benzene rings is 2. The Morgan fingerprint density at radius 1 is 1.15 bits per heavy atom. The Morgan fingerprint density at radius 3 is 2.60 bits per heavy atom. The highest BCUT2D eigenvalue weighted by Crippen LogP contribution is 2.45. The van der Waals surface area contributed by atoms with Crippen LogP contribution in [0.5, 0.6) is 5.75 Å². The number of hydrogen-bond donors (Lipinski definition) is 1. The molecule has 1 aliphatic carbocycles. The zero-order valence-electron chi connectivity index (χ0n) is 12.0. The van der Waals surface area contributed by atoms with Crippen LogP contribution in [0.25, 0.3) is 11.1 Å². The van der Waals surface area contributed by atoms with Gasteiger partial charge >= 0.3 is 0 Å². The molecule has 3 rings (SSSR count). The van der Waals surface area contributed by atoms with Gasteiger partial charge in [0.1, 0.15) is 5.75 Å². The summed E-state index contributed by atoms with van der Waals surface area (Å²) in [5.41, 5.74) is 5.92. The molecular formula is C18H20O2. The van der Waals surface area contributed by atoms with Crippen molar-refractivity contribution in [1.82, 2.24) is 0 Å². The average molecular weight is 268 g/mol. The third kappa shape index (κ3) is 2.44. The Balaban J connectivity index is 2.10. The zero-order valence-corrected chi connectivity index (χ0v) is 12.0. The van der Waals surface area contributed by atoms with Crippen molar-refractivity contribution in [3.05, 3.63) is 53.1 Å². The van der Waals surface area contributed by atoms with E-state index in [0.29, 0.717) is 5.92 Å². The Hall–Kier alpha value is -1.80. The number of aliphatic hydroxyl groups excluding tert-OH is 1. The standard InChI is InChI=1S/C18H20O2/c1-12-17(14-6-7-14)9-16(10-18(12)20-2)15-5-3-4-13(8-15)11-19/h3-5,8-10,14,19H,6-7,11H2,1-2H3. The first-order valence-electron chi connectivity index (χ1n) is 7.11. The van der Waals surface area contributed by atoms with Crippen LogP contribution in [-0.2, 0) is 6.61 Å². The highest BCUT2D eigenvalue weighted by atomic mass is 16.5. The first kappa shape index (κ1) is 13.2. The van der Waals surface area contributed by atoms with Crippen LogP contribution in [0.4, 0.5) is 0 Å². The van der Waals surface area contributed by atoms with Crippen LogP contribution in [-0.4, -0.2) is 12.2 Å². The van der Waals surface area contributed by atoms with Crippen LogP contribution in [0.1, 0.15) is 35.4 Å². The van der Waals surface area contributed by atoms with E-state index in [1.165, 1.54) is 29.5 Å². The van der Waals surface area contributed by atoms with Gasteiger partial charge in [0.15, 0.2) is 0 Å². The second-order valence-corrected chi connectivity index (χ2v) is 5.53. The first-order chi connectivity index (χ1) is 9.72. The molecule has 0 unspecified atom stereocenters. The van der Waals surface area contributed by atoms with E-state index in [2.05, 4.69) is 25.1 Å². The topological polar surface area (TPSA) is 29.5 Å². The molecule has 0 spiro atoms. The minimum Gasteiger partial charge on any atom is -0.496 e. The number of hydrogen-bond acceptors (Lipinski definition) is 2. The van der Waals surface area contributed by atoms with Gasteiger partial charge in [-0.3, -0.25) is 0 Å². The summed E-state index contributed by atoms with van der Waals surface area (Å²) in [6, 6.07) is 12.4. The number of ether oxygens (including phenoxy) is 1. The molecule has 104 valence electrons. The number of rotatable bonds is 4. The van der Waals surface area contributed by atoms with E-state index in [-0.39, 0.29) is 6.61 Å². The van der Waals surface area contributed by atoms with Gasteiger partial charge in [-0.1, -0.05) is 24.3 Å². The van der Waals surface area contributed by atoms with Crippen molar-refractivity contribution in [2.45, 2.75) is 32.3 Å². The number of methoxy groups -OCH3 is 1. The van der Waals surface area contributed by atoms with Gasteiger partial charge in [-0.05, 0) is 65.6 Å². The van der Waals surface area contributed by atoms with E-state index >= 15 is 0 Å². The molecule has 1 fully saturated rings. The van der Waals surface area contributed by atoms with Gasteiger partial charge in [-0.2, -0.15) is 0 Å². The number of aliphatic hydroxyl groups is 1. The van der Waals surface area contributed by atoms with Crippen LogP contribution >= 0.6 is 0 Å². The molecule has 2 nitrogen and oxygen atoms in total. The summed E-state index contributed by atoms with van der Waals surface area (Å²) in [4.78, 5) is 0. The third-order valence-corrected chi connectivity index (χ3v) is 4.08. The molecule has 0 aliphatic heterocycles. The molecule has 0 saturated heterocycles. The van der Waals surface area contributed by atoms with Crippen molar-refractivity contribution in [2.75, 3.05) is 7.11 Å². The van der Waals surface area contributed by atoms with Gasteiger partial charge in [0, 0.05) is 0 Å². The van der Waals surface area contributed by atoms with Crippen LogP contribution in [0.3, 0.4) is 0 Å². The molecule has 0 radical (unpaired) electrons. The summed E-state index contributed by atoms with van der Waals surface area (Å²) in [5.74, 6) is 1.66. The van der Waals surface area contributed by atoms with E-state index in [1.54, 1.807) is 7.11 Å². The fourth-order valence-electron chi connectivity index (χ4n) is 2.76. The van der Waals surface area contributed by atoms with Gasteiger partial charge in [0.05, 0.1) is 13.7 Å². The van der Waals surface area contributed by atoms with Crippen molar-refractivity contribution in [3.8, 4) is 16.9 Å². The van der Waals surface area contributed by atoms with Crippen molar-refractivity contribution >= 4 is 0 Å². The Morgan fingerprint density at radius 2 is 1.95 bits per heavy atom. The Labute approximate surface area is 120 Å². The summed E-state index contributed by atoms with van der Waals surface area (Å²) < 4.78 is 5.53.